The number of pyridine rings is 1. The van der Waals surface area contributed by atoms with E-state index in [1.807, 2.05) is 0 Å². The second-order valence-corrected chi connectivity index (χ2v) is 3.72. The molecule has 0 aliphatic rings. The Morgan fingerprint density at radius 2 is 2.12 bits per heavy atom. The highest BCUT2D eigenvalue weighted by molar-refractivity contribution is 6.35. The molecule has 0 radical (unpaired) electrons. The number of hydrogen-bond acceptors (Lipinski definition) is 4. The van der Waals surface area contributed by atoms with Crippen molar-refractivity contribution in [3.05, 3.63) is 27.8 Å². The lowest BCUT2D eigenvalue weighted by Gasteiger charge is -2.04. The molecule has 1 heterocycles. The lowest BCUT2D eigenvalue weighted by molar-refractivity contribution is -0.141. The predicted octanol–water partition coefficient (Wildman–Crippen LogP) is 2.66. The van der Waals surface area contributed by atoms with E-state index in [9.17, 15) is 14.0 Å². The summed E-state index contributed by atoms with van der Waals surface area (Å²) in [5.41, 5.74) is -0.193. The largest absolute Gasteiger partial charge is 0.466 e. The molecule has 0 aliphatic carbocycles. The topological polar surface area (TPSA) is 56.3 Å². The number of esters is 1. The average Bonchev–Trinajstić information content (AvgIpc) is 2.23. The number of aromatic nitrogens is 1. The molecule has 92 valence electrons. The van der Waals surface area contributed by atoms with E-state index in [1.165, 1.54) is 0 Å². The molecular formula is C10H8Cl2FNO3. The summed E-state index contributed by atoms with van der Waals surface area (Å²) in [6.07, 6.45) is -0.518. The maximum Gasteiger partial charge on any atom is 0.313 e. The van der Waals surface area contributed by atoms with Gasteiger partial charge in [0.15, 0.2) is 16.8 Å². The van der Waals surface area contributed by atoms with Gasteiger partial charge in [-0.25, -0.2) is 9.37 Å². The third-order valence-electron chi connectivity index (χ3n) is 1.80. The number of hydrogen-bond donors (Lipinski definition) is 0. The minimum Gasteiger partial charge on any atom is -0.466 e. The molecule has 0 amide bonds. The molecule has 0 atom stereocenters. The van der Waals surface area contributed by atoms with E-state index in [1.54, 1.807) is 6.92 Å². The van der Waals surface area contributed by atoms with Crippen LogP contribution in [0.3, 0.4) is 0 Å². The Morgan fingerprint density at radius 3 is 2.71 bits per heavy atom. The first-order valence-electron chi connectivity index (χ1n) is 4.66. The molecule has 0 saturated carbocycles. The molecule has 1 aromatic rings. The summed E-state index contributed by atoms with van der Waals surface area (Å²) in [6.45, 7) is 1.77. The second kappa shape index (κ2) is 5.93. The van der Waals surface area contributed by atoms with Crippen LogP contribution in [0.2, 0.25) is 10.3 Å². The smallest absolute Gasteiger partial charge is 0.313 e. The molecule has 0 fully saturated rings. The number of carbonyl (C=O) groups is 2. The number of Topliss-reactive ketones (excluding diaryl/α,β-unsaturated/α-hetero) is 1. The Labute approximate surface area is 107 Å². The summed E-state index contributed by atoms with van der Waals surface area (Å²) in [5, 5.41) is -0.673. The van der Waals surface area contributed by atoms with Gasteiger partial charge >= 0.3 is 5.97 Å². The van der Waals surface area contributed by atoms with Crippen LogP contribution in [0.5, 0.6) is 0 Å². The summed E-state index contributed by atoms with van der Waals surface area (Å²) in [4.78, 5) is 26.1. The fourth-order valence-corrected chi connectivity index (χ4v) is 1.51. The van der Waals surface area contributed by atoms with Gasteiger partial charge in [0, 0.05) is 0 Å². The summed E-state index contributed by atoms with van der Waals surface area (Å²) < 4.78 is 17.7. The second-order valence-electron chi connectivity index (χ2n) is 3.00. The number of carbonyl (C=O) groups excluding carboxylic acids is 2. The molecule has 0 N–H and O–H groups in total. The van der Waals surface area contributed by atoms with E-state index in [0.29, 0.717) is 0 Å². The maximum atomic E-state index is 13.1. The zero-order chi connectivity index (χ0) is 13.0. The van der Waals surface area contributed by atoms with Gasteiger partial charge in [-0.2, -0.15) is 0 Å². The summed E-state index contributed by atoms with van der Waals surface area (Å²) in [6, 6.07) is 0.846. The van der Waals surface area contributed by atoms with Gasteiger partial charge in [-0.1, -0.05) is 23.2 Å². The first-order chi connectivity index (χ1) is 7.95. The number of halogens is 3. The number of ketones is 1. The third-order valence-corrected chi connectivity index (χ3v) is 2.35. The Hall–Kier alpha value is -1.20. The van der Waals surface area contributed by atoms with Crippen molar-refractivity contribution in [2.75, 3.05) is 6.61 Å². The maximum absolute atomic E-state index is 13.1. The van der Waals surface area contributed by atoms with Crippen LogP contribution in [-0.2, 0) is 9.53 Å². The fraction of sp³-hybridized carbons (Fsp3) is 0.300. The first kappa shape index (κ1) is 13.9. The van der Waals surface area contributed by atoms with E-state index in [2.05, 4.69) is 9.72 Å². The minimum atomic E-state index is -0.872. The van der Waals surface area contributed by atoms with E-state index in [0.717, 1.165) is 6.07 Å². The van der Waals surface area contributed by atoms with Crippen molar-refractivity contribution >= 4 is 35.0 Å². The van der Waals surface area contributed by atoms with Gasteiger partial charge in [-0.05, 0) is 13.0 Å². The van der Waals surface area contributed by atoms with Crippen molar-refractivity contribution < 1.29 is 18.7 Å². The Bertz CT molecular complexity index is 465. The van der Waals surface area contributed by atoms with Gasteiger partial charge in [0.25, 0.3) is 0 Å². The van der Waals surface area contributed by atoms with Crippen LogP contribution in [0, 0.1) is 5.82 Å². The lowest BCUT2D eigenvalue weighted by atomic mass is 10.2. The Morgan fingerprint density at radius 1 is 1.47 bits per heavy atom. The Kier molecular flexibility index (Phi) is 4.84. The molecular weight excluding hydrogens is 274 g/mol. The molecule has 1 rings (SSSR count). The van der Waals surface area contributed by atoms with Gasteiger partial charge in [0.05, 0.1) is 12.2 Å². The van der Waals surface area contributed by atoms with Crippen LogP contribution in [0.1, 0.15) is 23.7 Å². The van der Waals surface area contributed by atoms with E-state index in [-0.39, 0.29) is 17.3 Å². The predicted molar refractivity (Wildman–Crippen MR) is 59.8 cm³/mol. The van der Waals surface area contributed by atoms with Crippen molar-refractivity contribution in [3.8, 4) is 0 Å². The highest BCUT2D eigenvalue weighted by atomic mass is 35.5. The van der Waals surface area contributed by atoms with E-state index in [4.69, 9.17) is 23.2 Å². The van der Waals surface area contributed by atoms with Gasteiger partial charge in [0.1, 0.15) is 11.6 Å². The Balaban J connectivity index is 2.89. The van der Waals surface area contributed by atoms with Crippen LogP contribution in [-0.4, -0.2) is 23.3 Å². The lowest BCUT2D eigenvalue weighted by Crippen LogP contribution is -2.12. The van der Waals surface area contributed by atoms with Crippen LogP contribution < -0.4 is 0 Å². The molecule has 0 bridgehead atoms. The quantitative estimate of drug-likeness (QED) is 0.369. The first-order valence-corrected chi connectivity index (χ1v) is 5.41. The van der Waals surface area contributed by atoms with E-state index >= 15 is 0 Å². The molecule has 0 aromatic carbocycles. The summed E-state index contributed by atoms with van der Waals surface area (Å²) in [5.74, 6) is -2.25. The van der Waals surface area contributed by atoms with Crippen molar-refractivity contribution in [1.82, 2.24) is 4.98 Å². The number of nitrogens with zero attached hydrogens (tertiary/aromatic N) is 1. The van der Waals surface area contributed by atoms with Crippen molar-refractivity contribution in [2.45, 2.75) is 13.3 Å². The minimum absolute atomic E-state index is 0.160. The monoisotopic (exact) mass is 281 g/mol. The van der Waals surface area contributed by atoms with Gasteiger partial charge in [0.2, 0.25) is 0 Å². The van der Waals surface area contributed by atoms with Gasteiger partial charge in [-0.3, -0.25) is 9.59 Å². The normalized spacial score (nSPS) is 10.1. The molecule has 0 spiro atoms. The van der Waals surface area contributed by atoms with Crippen molar-refractivity contribution in [2.24, 2.45) is 0 Å². The van der Waals surface area contributed by atoms with Gasteiger partial charge < -0.3 is 4.74 Å². The SMILES string of the molecule is CCOC(=O)[14CH2]C(=O)c1cc(F)c(Cl)nc1Cl. The van der Waals surface area contributed by atoms with Crippen LogP contribution in [0.4, 0.5) is 4.39 Å². The summed E-state index contributed by atoms with van der Waals surface area (Å²) >= 11 is 11.0. The van der Waals surface area contributed by atoms with E-state index < -0.39 is 29.1 Å². The molecule has 17 heavy (non-hydrogen) atoms. The molecule has 0 unspecified atom stereocenters. The molecule has 7 heteroatoms. The zero-order valence-corrected chi connectivity index (χ0v) is 10.3. The highest BCUT2D eigenvalue weighted by Crippen LogP contribution is 2.21. The highest BCUT2D eigenvalue weighted by Gasteiger charge is 2.18. The standard InChI is InChI=1S/C10H8Cl2FNO3/c1-2-17-8(16)4-7(15)5-3-6(13)10(12)14-9(5)11/h3H,2,4H2,1H3/i4+2. The van der Waals surface area contributed by atoms with Crippen molar-refractivity contribution in [1.29, 1.82) is 0 Å². The molecule has 1 aromatic heterocycles. The number of rotatable bonds is 4. The molecule has 0 aliphatic heterocycles. The molecule has 0 saturated heterocycles. The van der Waals surface area contributed by atoms with Crippen LogP contribution >= 0.6 is 23.2 Å². The number of ether oxygens (including phenoxy) is 1. The van der Waals surface area contributed by atoms with Gasteiger partial charge in [-0.15, -0.1) is 0 Å². The van der Waals surface area contributed by atoms with Crippen LogP contribution in [0.15, 0.2) is 6.07 Å². The fourth-order valence-electron chi connectivity index (χ4n) is 1.08. The molecule has 4 nitrogen and oxygen atoms in total. The summed E-state index contributed by atoms with van der Waals surface area (Å²) in [7, 11) is 0. The average molecular weight is 282 g/mol. The van der Waals surface area contributed by atoms with Crippen molar-refractivity contribution in [3.63, 3.8) is 0 Å². The van der Waals surface area contributed by atoms with Crippen LogP contribution in [0.25, 0.3) is 0 Å². The zero-order valence-electron chi connectivity index (χ0n) is 8.80. The third kappa shape index (κ3) is 3.64.